The van der Waals surface area contributed by atoms with Gasteiger partial charge in [0.1, 0.15) is 0 Å². The summed E-state index contributed by atoms with van der Waals surface area (Å²) in [5.41, 5.74) is 0.976. The molecule has 5 heteroatoms. The molecule has 1 amide bonds. The zero-order chi connectivity index (χ0) is 15.2. The van der Waals surface area contributed by atoms with E-state index in [2.05, 4.69) is 17.6 Å². The van der Waals surface area contributed by atoms with E-state index in [0.29, 0.717) is 17.6 Å². The molecule has 1 unspecified atom stereocenters. The first-order valence-corrected chi connectivity index (χ1v) is 7.77. The molecule has 4 nitrogen and oxygen atoms in total. The second kappa shape index (κ2) is 7.78. The van der Waals surface area contributed by atoms with Crippen LogP contribution in [0.1, 0.15) is 31.4 Å². The molecule has 1 heterocycles. The van der Waals surface area contributed by atoms with Crippen molar-refractivity contribution in [2.45, 2.75) is 31.9 Å². The minimum absolute atomic E-state index is 0.0955. The molecule has 1 aromatic rings. The van der Waals surface area contributed by atoms with Gasteiger partial charge in [-0.05, 0) is 44.0 Å². The van der Waals surface area contributed by atoms with Crippen molar-refractivity contribution in [1.29, 1.82) is 0 Å². The van der Waals surface area contributed by atoms with Crippen molar-refractivity contribution in [2.24, 2.45) is 5.92 Å². The number of hydrogen-bond acceptors (Lipinski definition) is 3. The highest BCUT2D eigenvalue weighted by atomic mass is 35.5. The number of rotatable bonds is 5. The largest absolute Gasteiger partial charge is 0.375 e. The van der Waals surface area contributed by atoms with Crippen LogP contribution >= 0.6 is 11.6 Å². The summed E-state index contributed by atoms with van der Waals surface area (Å²) in [6, 6.07) is 7.95. The lowest BCUT2D eigenvalue weighted by Gasteiger charge is -2.27. The molecule has 2 rings (SSSR count). The van der Waals surface area contributed by atoms with Crippen molar-refractivity contribution in [3.05, 3.63) is 34.9 Å². The predicted octanol–water partition coefficient (Wildman–Crippen LogP) is 2.53. The van der Waals surface area contributed by atoms with Crippen molar-refractivity contribution in [1.82, 2.24) is 10.6 Å². The third-order valence-corrected chi connectivity index (χ3v) is 4.20. The molecule has 1 fully saturated rings. The number of benzene rings is 1. The Morgan fingerprint density at radius 3 is 3.05 bits per heavy atom. The van der Waals surface area contributed by atoms with Gasteiger partial charge in [-0.15, -0.1) is 0 Å². The van der Waals surface area contributed by atoms with Crippen molar-refractivity contribution in [3.8, 4) is 0 Å². The number of carbonyl (C=O) groups excluding carboxylic acids is 1. The predicted molar refractivity (Wildman–Crippen MR) is 84.4 cm³/mol. The number of hydrogen-bond donors (Lipinski definition) is 2. The fourth-order valence-electron chi connectivity index (χ4n) is 2.75. The van der Waals surface area contributed by atoms with Crippen LogP contribution in [-0.4, -0.2) is 32.1 Å². The van der Waals surface area contributed by atoms with E-state index in [0.717, 1.165) is 24.9 Å². The fourth-order valence-corrected chi connectivity index (χ4v) is 2.95. The van der Waals surface area contributed by atoms with Crippen LogP contribution in [0.4, 0.5) is 0 Å². The molecule has 1 saturated heterocycles. The maximum Gasteiger partial charge on any atom is 0.223 e. The van der Waals surface area contributed by atoms with E-state index < -0.39 is 0 Å². The van der Waals surface area contributed by atoms with Gasteiger partial charge in [0.25, 0.3) is 0 Å². The summed E-state index contributed by atoms with van der Waals surface area (Å²) < 4.78 is 5.46. The molecule has 2 N–H and O–H groups in total. The van der Waals surface area contributed by atoms with Crippen LogP contribution in [0.2, 0.25) is 5.02 Å². The first kappa shape index (κ1) is 16.3. The summed E-state index contributed by atoms with van der Waals surface area (Å²) in [6.07, 6.45) is 1.61. The normalized spacial score (nSPS) is 23.6. The lowest BCUT2D eigenvalue weighted by Crippen LogP contribution is -2.43. The minimum atomic E-state index is -0.174. The van der Waals surface area contributed by atoms with E-state index in [1.54, 1.807) is 7.11 Å². The monoisotopic (exact) mass is 310 g/mol. The SMILES string of the molecule is COC(CNC(=O)[C@H]1CCN[C@@H](C)C1)c1cccc(Cl)c1. The number of ether oxygens (including phenoxy) is 1. The molecule has 3 atom stereocenters. The molecular formula is C16H23ClN2O2. The fraction of sp³-hybridized carbons (Fsp3) is 0.562. The first-order chi connectivity index (χ1) is 10.1. The van der Waals surface area contributed by atoms with E-state index in [-0.39, 0.29) is 17.9 Å². The van der Waals surface area contributed by atoms with Crippen LogP contribution in [0, 0.1) is 5.92 Å². The summed E-state index contributed by atoms with van der Waals surface area (Å²) in [6.45, 7) is 3.48. The van der Waals surface area contributed by atoms with E-state index >= 15 is 0 Å². The molecule has 0 saturated carbocycles. The third-order valence-electron chi connectivity index (χ3n) is 3.96. The molecule has 0 radical (unpaired) electrons. The lowest BCUT2D eigenvalue weighted by atomic mass is 9.92. The Morgan fingerprint density at radius 2 is 2.38 bits per heavy atom. The van der Waals surface area contributed by atoms with Gasteiger partial charge >= 0.3 is 0 Å². The topological polar surface area (TPSA) is 50.4 Å². The number of nitrogens with one attached hydrogen (secondary N) is 2. The molecule has 21 heavy (non-hydrogen) atoms. The van der Waals surface area contributed by atoms with E-state index in [9.17, 15) is 4.79 Å². The summed E-state index contributed by atoms with van der Waals surface area (Å²) in [7, 11) is 1.64. The quantitative estimate of drug-likeness (QED) is 0.878. The molecule has 1 aliphatic rings. The number of piperidine rings is 1. The van der Waals surface area contributed by atoms with Gasteiger partial charge in [0.15, 0.2) is 0 Å². The number of halogens is 1. The highest BCUT2D eigenvalue weighted by Gasteiger charge is 2.25. The van der Waals surface area contributed by atoms with Gasteiger partial charge in [0, 0.05) is 30.6 Å². The summed E-state index contributed by atoms with van der Waals surface area (Å²) in [4.78, 5) is 12.2. The van der Waals surface area contributed by atoms with Gasteiger partial charge in [-0.1, -0.05) is 23.7 Å². The molecule has 0 bridgehead atoms. The lowest BCUT2D eigenvalue weighted by molar-refractivity contribution is -0.126. The van der Waals surface area contributed by atoms with Gasteiger partial charge in [0.2, 0.25) is 5.91 Å². The first-order valence-electron chi connectivity index (χ1n) is 7.39. The minimum Gasteiger partial charge on any atom is -0.375 e. The summed E-state index contributed by atoms with van der Waals surface area (Å²) >= 11 is 6.00. The Hall–Kier alpha value is -1.10. The number of amides is 1. The van der Waals surface area contributed by atoms with Crippen LogP contribution in [0.5, 0.6) is 0 Å². The van der Waals surface area contributed by atoms with Crippen molar-refractivity contribution >= 4 is 17.5 Å². The third kappa shape index (κ3) is 4.70. The Labute approximate surface area is 131 Å². The van der Waals surface area contributed by atoms with Gasteiger partial charge in [0.05, 0.1) is 6.10 Å². The Kier molecular flexibility index (Phi) is 6.03. The molecule has 0 aliphatic carbocycles. The van der Waals surface area contributed by atoms with Gasteiger partial charge in [-0.2, -0.15) is 0 Å². The van der Waals surface area contributed by atoms with Crippen molar-refractivity contribution in [2.75, 3.05) is 20.2 Å². The number of carbonyl (C=O) groups is 1. The second-order valence-corrected chi connectivity index (χ2v) is 6.04. The standard InChI is InChI=1S/C16H23ClN2O2/c1-11-8-13(6-7-18-11)16(20)19-10-15(21-2)12-4-3-5-14(17)9-12/h3-5,9,11,13,15,18H,6-8,10H2,1-2H3,(H,19,20)/t11-,13-,15?/m0/s1. The Morgan fingerprint density at radius 1 is 1.57 bits per heavy atom. The van der Waals surface area contributed by atoms with Crippen LogP contribution in [0.15, 0.2) is 24.3 Å². The molecule has 0 aromatic heterocycles. The Bertz CT molecular complexity index is 481. The Balaban J connectivity index is 1.89. The van der Waals surface area contributed by atoms with Crippen LogP contribution in [-0.2, 0) is 9.53 Å². The molecule has 1 aromatic carbocycles. The zero-order valence-electron chi connectivity index (χ0n) is 12.6. The van der Waals surface area contributed by atoms with E-state index in [1.807, 2.05) is 24.3 Å². The highest BCUT2D eigenvalue weighted by Crippen LogP contribution is 2.21. The second-order valence-electron chi connectivity index (χ2n) is 5.60. The maximum atomic E-state index is 12.2. The van der Waals surface area contributed by atoms with Crippen LogP contribution in [0.25, 0.3) is 0 Å². The van der Waals surface area contributed by atoms with Crippen molar-refractivity contribution < 1.29 is 9.53 Å². The maximum absolute atomic E-state index is 12.2. The molecule has 0 spiro atoms. The summed E-state index contributed by atoms with van der Waals surface area (Å²) in [5, 5.41) is 7.04. The molecular weight excluding hydrogens is 288 g/mol. The van der Waals surface area contributed by atoms with E-state index in [1.165, 1.54) is 0 Å². The van der Waals surface area contributed by atoms with Gasteiger partial charge < -0.3 is 15.4 Å². The van der Waals surface area contributed by atoms with Crippen LogP contribution in [0.3, 0.4) is 0 Å². The van der Waals surface area contributed by atoms with Crippen LogP contribution < -0.4 is 10.6 Å². The molecule has 116 valence electrons. The molecule has 1 aliphatic heterocycles. The average molecular weight is 311 g/mol. The highest BCUT2D eigenvalue weighted by molar-refractivity contribution is 6.30. The summed E-state index contributed by atoms with van der Waals surface area (Å²) in [5.74, 6) is 0.213. The van der Waals surface area contributed by atoms with Gasteiger partial charge in [-0.3, -0.25) is 4.79 Å². The number of methoxy groups -OCH3 is 1. The van der Waals surface area contributed by atoms with E-state index in [4.69, 9.17) is 16.3 Å². The zero-order valence-corrected chi connectivity index (χ0v) is 13.3. The van der Waals surface area contributed by atoms with Crippen molar-refractivity contribution in [3.63, 3.8) is 0 Å². The van der Waals surface area contributed by atoms with Gasteiger partial charge in [-0.25, -0.2) is 0 Å². The smallest absolute Gasteiger partial charge is 0.223 e. The average Bonchev–Trinajstić information content (AvgIpc) is 2.48.